The average Bonchev–Trinajstić information content (AvgIpc) is 2.41. The number of thioether (sulfide) groups is 1. The summed E-state index contributed by atoms with van der Waals surface area (Å²) in [5.41, 5.74) is 0.617. The van der Waals surface area contributed by atoms with E-state index in [1.807, 2.05) is 0 Å². The molecule has 1 saturated heterocycles. The molecule has 1 aliphatic heterocycles. The molecule has 0 bridgehead atoms. The van der Waals surface area contributed by atoms with Gasteiger partial charge < -0.3 is 15.7 Å². The Bertz CT molecular complexity index is 504. The second kappa shape index (κ2) is 6.40. The maximum atomic E-state index is 12.0. The minimum atomic E-state index is -1.03. The van der Waals surface area contributed by atoms with Crippen LogP contribution in [0.25, 0.3) is 0 Å². The van der Waals surface area contributed by atoms with Gasteiger partial charge >= 0.3 is 5.97 Å². The van der Waals surface area contributed by atoms with Crippen LogP contribution in [-0.2, 0) is 4.79 Å². The molecule has 1 aromatic carbocycles. The molecule has 1 aromatic rings. The lowest BCUT2D eigenvalue weighted by atomic mass is 10.2. The number of aromatic carboxylic acids is 1. The van der Waals surface area contributed by atoms with E-state index in [0.29, 0.717) is 10.2 Å². The van der Waals surface area contributed by atoms with Crippen LogP contribution in [0.3, 0.4) is 0 Å². The van der Waals surface area contributed by atoms with Crippen molar-refractivity contribution >= 4 is 45.3 Å². The highest BCUT2D eigenvalue weighted by atomic mass is 79.9. The Labute approximate surface area is 123 Å². The molecule has 1 amide bonds. The molecule has 1 aliphatic rings. The molecule has 2 rings (SSSR count). The Balaban J connectivity index is 2.08. The van der Waals surface area contributed by atoms with Crippen LogP contribution in [0.2, 0.25) is 0 Å². The molecule has 1 heterocycles. The highest BCUT2D eigenvalue weighted by Gasteiger charge is 2.21. The summed E-state index contributed by atoms with van der Waals surface area (Å²) in [6, 6.07) is 4.50. The first kappa shape index (κ1) is 14.4. The van der Waals surface area contributed by atoms with E-state index in [-0.39, 0.29) is 17.5 Å². The first-order chi connectivity index (χ1) is 9.08. The Hall–Kier alpha value is -1.05. The average molecular weight is 345 g/mol. The molecular weight excluding hydrogens is 332 g/mol. The second-order valence-electron chi connectivity index (χ2n) is 4.07. The molecule has 1 atom stereocenters. The molecule has 102 valence electrons. The van der Waals surface area contributed by atoms with Crippen molar-refractivity contribution in [2.24, 2.45) is 0 Å². The van der Waals surface area contributed by atoms with E-state index >= 15 is 0 Å². The molecular formula is C12H13BrN2O3S. The van der Waals surface area contributed by atoms with Gasteiger partial charge in [0.2, 0.25) is 5.91 Å². The van der Waals surface area contributed by atoms with E-state index in [2.05, 4.69) is 26.6 Å². The van der Waals surface area contributed by atoms with E-state index in [4.69, 9.17) is 5.11 Å². The fourth-order valence-corrected chi connectivity index (χ4v) is 3.08. The number of halogens is 1. The van der Waals surface area contributed by atoms with Gasteiger partial charge in [-0.1, -0.05) is 0 Å². The van der Waals surface area contributed by atoms with Gasteiger partial charge in [0.1, 0.15) is 0 Å². The second-order valence-corrected chi connectivity index (χ2v) is 6.07. The lowest BCUT2D eigenvalue weighted by Gasteiger charge is -2.22. The zero-order valence-corrected chi connectivity index (χ0v) is 12.4. The maximum absolute atomic E-state index is 12.0. The Morgan fingerprint density at radius 3 is 2.89 bits per heavy atom. The fourth-order valence-electron chi connectivity index (χ4n) is 1.73. The van der Waals surface area contributed by atoms with Gasteiger partial charge in [-0.25, -0.2) is 4.79 Å². The number of amides is 1. The van der Waals surface area contributed by atoms with Crippen LogP contribution in [0.4, 0.5) is 5.69 Å². The lowest BCUT2D eigenvalue weighted by Crippen LogP contribution is -2.46. The summed E-state index contributed by atoms with van der Waals surface area (Å²) in [7, 11) is 0. The molecule has 0 radical (unpaired) electrons. The molecule has 0 saturated carbocycles. The number of carbonyl (C=O) groups is 2. The van der Waals surface area contributed by atoms with E-state index < -0.39 is 5.97 Å². The normalized spacial score (nSPS) is 18.9. The summed E-state index contributed by atoms with van der Waals surface area (Å²) in [5.74, 6) is 0.569. The third-order valence-electron chi connectivity index (χ3n) is 2.70. The van der Waals surface area contributed by atoms with Crippen LogP contribution in [-0.4, -0.2) is 41.1 Å². The smallest absolute Gasteiger partial charge is 0.336 e. The first-order valence-electron chi connectivity index (χ1n) is 5.73. The largest absolute Gasteiger partial charge is 0.478 e. The first-order valence-corrected chi connectivity index (χ1v) is 7.67. The van der Waals surface area contributed by atoms with Crippen LogP contribution < -0.4 is 10.6 Å². The summed E-state index contributed by atoms with van der Waals surface area (Å²) in [5, 5.41) is 14.9. The van der Waals surface area contributed by atoms with Gasteiger partial charge in [-0.05, 0) is 34.1 Å². The molecule has 7 heteroatoms. The summed E-state index contributed by atoms with van der Waals surface area (Å²) in [6.07, 6.45) is 0. The number of carboxylic acids is 1. The Kier molecular flexibility index (Phi) is 4.84. The predicted octanol–water partition coefficient (Wildman–Crippen LogP) is 1.79. The van der Waals surface area contributed by atoms with Gasteiger partial charge in [-0.3, -0.25) is 4.79 Å². The molecule has 19 heavy (non-hydrogen) atoms. The van der Waals surface area contributed by atoms with E-state index in [1.54, 1.807) is 23.9 Å². The van der Waals surface area contributed by atoms with Gasteiger partial charge in [0.15, 0.2) is 0 Å². The number of hydrogen-bond acceptors (Lipinski definition) is 4. The fraction of sp³-hybridized carbons (Fsp3) is 0.333. The Morgan fingerprint density at radius 1 is 1.47 bits per heavy atom. The van der Waals surface area contributed by atoms with Crippen molar-refractivity contribution in [1.29, 1.82) is 0 Å². The molecule has 0 aromatic heterocycles. The summed E-state index contributed by atoms with van der Waals surface area (Å²) in [4.78, 5) is 23.0. The third-order valence-corrected chi connectivity index (χ3v) is 4.46. The van der Waals surface area contributed by atoms with E-state index in [0.717, 1.165) is 18.1 Å². The predicted molar refractivity (Wildman–Crippen MR) is 78.8 cm³/mol. The quantitative estimate of drug-likeness (QED) is 0.779. The van der Waals surface area contributed by atoms with Crippen LogP contribution in [0.1, 0.15) is 10.4 Å². The van der Waals surface area contributed by atoms with Crippen molar-refractivity contribution in [2.75, 3.05) is 23.4 Å². The molecule has 5 nitrogen and oxygen atoms in total. The van der Waals surface area contributed by atoms with Crippen molar-refractivity contribution in [3.8, 4) is 0 Å². The van der Waals surface area contributed by atoms with Crippen molar-refractivity contribution < 1.29 is 14.7 Å². The SMILES string of the molecule is O=C(O)c1cc(NC(=O)C2CSCCN2)ccc1Br. The highest BCUT2D eigenvalue weighted by Crippen LogP contribution is 2.21. The summed E-state index contributed by atoms with van der Waals surface area (Å²) in [6.45, 7) is 0.809. The standard InChI is InChI=1S/C12H13BrN2O3S/c13-9-2-1-7(5-8(9)12(17)18)15-11(16)10-6-19-4-3-14-10/h1-2,5,10,14H,3-4,6H2,(H,15,16)(H,17,18). The van der Waals surface area contributed by atoms with Gasteiger partial charge in [0.05, 0.1) is 11.6 Å². The zero-order valence-electron chi connectivity index (χ0n) is 9.98. The summed E-state index contributed by atoms with van der Waals surface area (Å²) >= 11 is 4.89. The number of carboxylic acid groups (broad SMARTS) is 1. The van der Waals surface area contributed by atoms with E-state index in [9.17, 15) is 9.59 Å². The third kappa shape index (κ3) is 3.71. The lowest BCUT2D eigenvalue weighted by molar-refractivity contribution is -0.117. The van der Waals surface area contributed by atoms with Crippen molar-refractivity contribution in [3.63, 3.8) is 0 Å². The molecule has 3 N–H and O–H groups in total. The van der Waals surface area contributed by atoms with Gasteiger partial charge in [-0.15, -0.1) is 0 Å². The number of benzene rings is 1. The number of nitrogens with one attached hydrogen (secondary N) is 2. The maximum Gasteiger partial charge on any atom is 0.336 e. The van der Waals surface area contributed by atoms with Crippen LogP contribution >= 0.6 is 27.7 Å². The van der Waals surface area contributed by atoms with Crippen LogP contribution in [0.15, 0.2) is 22.7 Å². The number of anilines is 1. The minimum absolute atomic E-state index is 0.128. The highest BCUT2D eigenvalue weighted by molar-refractivity contribution is 9.10. The van der Waals surface area contributed by atoms with Crippen LogP contribution in [0, 0.1) is 0 Å². The number of rotatable bonds is 3. The molecule has 0 spiro atoms. The number of hydrogen-bond donors (Lipinski definition) is 3. The van der Waals surface area contributed by atoms with Crippen molar-refractivity contribution in [3.05, 3.63) is 28.2 Å². The van der Waals surface area contributed by atoms with Gasteiger partial charge in [-0.2, -0.15) is 11.8 Å². The molecule has 0 aliphatic carbocycles. The van der Waals surface area contributed by atoms with E-state index in [1.165, 1.54) is 6.07 Å². The molecule has 1 fully saturated rings. The van der Waals surface area contributed by atoms with Gasteiger partial charge in [0, 0.05) is 28.2 Å². The molecule has 1 unspecified atom stereocenters. The topological polar surface area (TPSA) is 78.4 Å². The van der Waals surface area contributed by atoms with Crippen molar-refractivity contribution in [2.45, 2.75) is 6.04 Å². The zero-order chi connectivity index (χ0) is 13.8. The number of carbonyl (C=O) groups excluding carboxylic acids is 1. The Morgan fingerprint density at radius 2 is 2.26 bits per heavy atom. The summed E-state index contributed by atoms with van der Waals surface area (Å²) < 4.78 is 0.490. The minimum Gasteiger partial charge on any atom is -0.478 e. The van der Waals surface area contributed by atoms with Gasteiger partial charge in [0.25, 0.3) is 0 Å². The van der Waals surface area contributed by atoms with Crippen molar-refractivity contribution in [1.82, 2.24) is 5.32 Å². The monoisotopic (exact) mass is 344 g/mol. The van der Waals surface area contributed by atoms with Crippen LogP contribution in [0.5, 0.6) is 0 Å².